The van der Waals surface area contributed by atoms with Crippen LogP contribution in [0.15, 0.2) is 52.1 Å². The fraction of sp³-hybridized carbons (Fsp3) is 0.111. The predicted molar refractivity (Wildman–Crippen MR) is 101 cm³/mol. The van der Waals surface area contributed by atoms with E-state index in [1.807, 2.05) is 50.2 Å². The molecule has 1 amide bonds. The Morgan fingerprint density at radius 3 is 2.72 bits per heavy atom. The Balaban J connectivity index is 1.79. The highest BCUT2D eigenvalue weighted by Gasteiger charge is 2.32. The van der Waals surface area contributed by atoms with Gasteiger partial charge in [-0.15, -0.1) is 0 Å². The number of nitrogens with zero attached hydrogens (tertiary/aromatic N) is 4. The van der Waals surface area contributed by atoms with E-state index in [0.717, 1.165) is 22.6 Å². The summed E-state index contributed by atoms with van der Waals surface area (Å²) in [5.41, 5.74) is 5.84. The van der Waals surface area contributed by atoms with Crippen LogP contribution in [0.3, 0.4) is 0 Å². The topological polar surface area (TPSA) is 73.8 Å². The van der Waals surface area contributed by atoms with Crippen molar-refractivity contribution in [2.24, 2.45) is 10.1 Å². The number of amides is 1. The largest absolute Gasteiger partial charge is 0.318 e. The van der Waals surface area contributed by atoms with Gasteiger partial charge in [0, 0.05) is 17.1 Å². The third-order valence-electron chi connectivity index (χ3n) is 4.18. The fourth-order valence-electron chi connectivity index (χ4n) is 3.00. The number of hydrogen-bond acceptors (Lipinski definition) is 4. The lowest BCUT2D eigenvalue weighted by atomic mass is 10.1. The Morgan fingerprint density at radius 1 is 1.20 bits per heavy atom. The third-order valence-corrected chi connectivity index (χ3v) is 4.86. The van der Waals surface area contributed by atoms with Crippen LogP contribution in [-0.2, 0) is 4.79 Å². The van der Waals surface area contributed by atoms with Crippen molar-refractivity contribution in [1.82, 2.24) is 9.58 Å². The summed E-state index contributed by atoms with van der Waals surface area (Å²) in [4.78, 5) is 16.3. The predicted octanol–water partition coefficient (Wildman–Crippen LogP) is 3.34. The maximum absolute atomic E-state index is 12.3. The summed E-state index contributed by atoms with van der Waals surface area (Å²) in [6, 6.07) is 12.1. The zero-order valence-electron chi connectivity index (χ0n) is 13.7. The zero-order valence-corrected chi connectivity index (χ0v) is 14.5. The Morgan fingerprint density at radius 2 is 1.96 bits per heavy atom. The molecule has 0 aliphatic carbocycles. The first-order chi connectivity index (χ1) is 12.1. The highest BCUT2D eigenvalue weighted by atomic mass is 32.2. The van der Waals surface area contributed by atoms with Crippen LogP contribution >= 0.6 is 11.8 Å². The molecule has 1 aromatic heterocycles. The molecule has 3 heterocycles. The number of nitrogens with one attached hydrogen (secondary N) is 1. The average Bonchev–Trinajstić information content (AvgIpc) is 3.17. The summed E-state index contributed by atoms with van der Waals surface area (Å²) in [5.74, 6) is -0.348. The van der Waals surface area contributed by atoms with Crippen molar-refractivity contribution < 1.29 is 4.79 Å². The maximum Gasteiger partial charge on any atom is 0.283 e. The van der Waals surface area contributed by atoms with Gasteiger partial charge in [0.1, 0.15) is 0 Å². The van der Waals surface area contributed by atoms with Crippen molar-refractivity contribution in [2.75, 3.05) is 0 Å². The van der Waals surface area contributed by atoms with E-state index in [-0.39, 0.29) is 11.4 Å². The molecule has 0 saturated carbocycles. The van der Waals surface area contributed by atoms with E-state index in [1.54, 1.807) is 11.6 Å². The van der Waals surface area contributed by atoms with Gasteiger partial charge < -0.3 is 4.57 Å². The molecule has 2 aliphatic heterocycles. The molecule has 0 saturated heterocycles. The molecule has 2 aliphatic rings. The molecule has 2 aromatic rings. The molecule has 124 valence electrons. The van der Waals surface area contributed by atoms with Crippen LogP contribution in [0.25, 0.3) is 11.8 Å². The van der Waals surface area contributed by atoms with Gasteiger partial charge in [-0.1, -0.05) is 18.2 Å². The van der Waals surface area contributed by atoms with Gasteiger partial charge in [0.2, 0.25) is 0 Å². The Kier molecular flexibility index (Phi) is 3.65. The van der Waals surface area contributed by atoms with Crippen LogP contribution in [-0.4, -0.2) is 32.0 Å². The second-order valence-corrected chi connectivity index (χ2v) is 6.57. The SMILES string of the molecule is Cc1cc(/C=C2\C(=N)N3N=CSC3=NC2=O)c(C)n1-c1ccccc1. The number of hydrazone groups is 1. The molecule has 0 bridgehead atoms. The summed E-state index contributed by atoms with van der Waals surface area (Å²) < 4.78 is 2.13. The van der Waals surface area contributed by atoms with E-state index in [0.29, 0.717) is 5.17 Å². The number of rotatable bonds is 2. The van der Waals surface area contributed by atoms with Gasteiger partial charge in [0.05, 0.1) is 11.1 Å². The van der Waals surface area contributed by atoms with E-state index >= 15 is 0 Å². The maximum atomic E-state index is 12.3. The molecule has 25 heavy (non-hydrogen) atoms. The molecule has 0 spiro atoms. The van der Waals surface area contributed by atoms with Gasteiger partial charge in [0.25, 0.3) is 5.91 Å². The lowest BCUT2D eigenvalue weighted by molar-refractivity contribution is -0.114. The normalized spacial score (nSPS) is 18.1. The minimum atomic E-state index is -0.404. The van der Waals surface area contributed by atoms with Gasteiger partial charge in [0.15, 0.2) is 11.0 Å². The molecule has 6 nitrogen and oxygen atoms in total. The monoisotopic (exact) mass is 349 g/mol. The minimum absolute atomic E-state index is 0.0563. The van der Waals surface area contributed by atoms with Crippen LogP contribution in [0, 0.1) is 19.3 Å². The van der Waals surface area contributed by atoms with Crippen LogP contribution in [0.5, 0.6) is 0 Å². The van der Waals surface area contributed by atoms with E-state index < -0.39 is 5.91 Å². The molecule has 1 aromatic carbocycles. The number of aromatic nitrogens is 1. The lowest BCUT2D eigenvalue weighted by Crippen LogP contribution is -2.35. The van der Waals surface area contributed by atoms with Crippen LogP contribution in [0.2, 0.25) is 0 Å². The summed E-state index contributed by atoms with van der Waals surface area (Å²) in [7, 11) is 0. The molecule has 0 radical (unpaired) electrons. The van der Waals surface area contributed by atoms with Gasteiger partial charge in [-0.05, 0) is 55.4 Å². The summed E-state index contributed by atoms with van der Waals surface area (Å²) >= 11 is 1.24. The first-order valence-electron chi connectivity index (χ1n) is 7.73. The first kappa shape index (κ1) is 15.6. The van der Waals surface area contributed by atoms with Gasteiger partial charge in [-0.2, -0.15) is 15.1 Å². The van der Waals surface area contributed by atoms with Crippen molar-refractivity contribution in [3.05, 3.63) is 58.9 Å². The number of carbonyl (C=O) groups excluding carboxylic acids is 1. The Bertz CT molecular complexity index is 984. The van der Waals surface area contributed by atoms with Crippen LogP contribution < -0.4 is 0 Å². The highest BCUT2D eigenvalue weighted by Crippen LogP contribution is 2.27. The number of para-hydroxylation sites is 1. The van der Waals surface area contributed by atoms with Crippen molar-refractivity contribution in [3.8, 4) is 5.69 Å². The Hall–Kier alpha value is -2.93. The minimum Gasteiger partial charge on any atom is -0.318 e. The average molecular weight is 349 g/mol. The van der Waals surface area contributed by atoms with Gasteiger partial charge in [-0.3, -0.25) is 10.2 Å². The van der Waals surface area contributed by atoms with E-state index in [2.05, 4.69) is 14.7 Å². The smallest absolute Gasteiger partial charge is 0.283 e. The van der Waals surface area contributed by atoms with Crippen molar-refractivity contribution >= 4 is 40.3 Å². The first-order valence-corrected chi connectivity index (χ1v) is 8.61. The third kappa shape index (κ3) is 2.53. The van der Waals surface area contributed by atoms with Crippen molar-refractivity contribution in [1.29, 1.82) is 5.41 Å². The number of fused-ring (bicyclic) bond motifs is 1. The second kappa shape index (κ2) is 5.86. The van der Waals surface area contributed by atoms with E-state index in [9.17, 15) is 4.79 Å². The number of amidine groups is 2. The van der Waals surface area contributed by atoms with E-state index in [1.165, 1.54) is 16.8 Å². The van der Waals surface area contributed by atoms with Crippen LogP contribution in [0.1, 0.15) is 17.0 Å². The van der Waals surface area contributed by atoms with Gasteiger partial charge in [-0.25, -0.2) is 0 Å². The van der Waals surface area contributed by atoms with Crippen molar-refractivity contribution in [3.63, 3.8) is 0 Å². The molecule has 7 heteroatoms. The number of aryl methyl sites for hydroxylation is 1. The summed E-state index contributed by atoms with van der Waals surface area (Å²) in [6.45, 7) is 4.02. The summed E-state index contributed by atoms with van der Waals surface area (Å²) in [5, 5.41) is 14.2. The number of thioether (sulfide) groups is 1. The molecular formula is C18H15N5OS. The standard InChI is InChI=1S/C18H15N5OS/c1-11-8-13(12(2)22(11)14-6-4-3-5-7-14)9-15-16(19)23-18(21-17(15)24)25-10-20-23/h3-10,19H,1-2H3/b15-9+,19-16?. The quantitative estimate of drug-likeness (QED) is 0.845. The number of carbonyl (C=O) groups is 1. The summed E-state index contributed by atoms with van der Waals surface area (Å²) in [6.07, 6.45) is 1.73. The van der Waals surface area contributed by atoms with Crippen molar-refractivity contribution in [2.45, 2.75) is 13.8 Å². The van der Waals surface area contributed by atoms with Crippen LogP contribution in [0.4, 0.5) is 0 Å². The highest BCUT2D eigenvalue weighted by molar-refractivity contribution is 8.25. The van der Waals surface area contributed by atoms with Gasteiger partial charge >= 0.3 is 0 Å². The number of benzene rings is 1. The number of hydrogen-bond donors (Lipinski definition) is 1. The molecule has 0 fully saturated rings. The molecular weight excluding hydrogens is 334 g/mol. The second-order valence-electron chi connectivity index (χ2n) is 5.75. The zero-order chi connectivity index (χ0) is 17.6. The fourth-order valence-corrected chi connectivity index (χ4v) is 3.61. The lowest BCUT2D eigenvalue weighted by Gasteiger charge is -2.20. The number of aliphatic imine (C=N–C) groups is 1. The molecule has 0 atom stereocenters. The molecule has 0 unspecified atom stereocenters. The Labute approximate surface area is 149 Å². The molecule has 1 N–H and O–H groups in total. The van der Waals surface area contributed by atoms with E-state index in [4.69, 9.17) is 5.41 Å². The molecule has 4 rings (SSSR count).